The van der Waals surface area contributed by atoms with Crippen molar-refractivity contribution in [2.45, 2.75) is 25.4 Å². The van der Waals surface area contributed by atoms with Gasteiger partial charge in [0.25, 0.3) is 0 Å². The molecule has 1 saturated heterocycles. The van der Waals surface area contributed by atoms with Gasteiger partial charge in [-0.3, -0.25) is 0 Å². The maximum absolute atomic E-state index is 13.7. The third-order valence-electron chi connectivity index (χ3n) is 6.02. The first-order chi connectivity index (χ1) is 17.5. The molecule has 2 aromatic carbocycles. The molecular formula is C26H33ClFN5O3. The molecule has 1 aromatic heterocycles. The second-order valence-electron chi connectivity index (χ2n) is 8.83. The van der Waals surface area contributed by atoms with E-state index < -0.39 is 5.82 Å². The fraction of sp³-hybridized carbons (Fsp3) is 0.462. The van der Waals surface area contributed by atoms with E-state index in [1.807, 2.05) is 19.2 Å². The second kappa shape index (κ2) is 13.0. The smallest absolute Gasteiger partial charge is 0.145 e. The van der Waals surface area contributed by atoms with Gasteiger partial charge in [-0.1, -0.05) is 11.6 Å². The molecule has 10 heteroatoms. The topological polar surface area (TPSA) is 80.8 Å². The summed E-state index contributed by atoms with van der Waals surface area (Å²) in [5.74, 6) is 1.39. The molecule has 194 valence electrons. The number of halogens is 2. The number of aromatic nitrogens is 2. The monoisotopic (exact) mass is 517 g/mol. The van der Waals surface area contributed by atoms with E-state index >= 15 is 0 Å². The molecule has 8 nitrogen and oxygen atoms in total. The average molecular weight is 518 g/mol. The lowest BCUT2D eigenvalue weighted by molar-refractivity contribution is 0.0261. The molecular weight excluding hydrogens is 485 g/mol. The number of nitrogens with one attached hydrogen (secondary N) is 2. The minimum atomic E-state index is -0.478. The van der Waals surface area contributed by atoms with Crippen LogP contribution in [0, 0.1) is 5.82 Å². The van der Waals surface area contributed by atoms with Gasteiger partial charge in [-0.2, -0.15) is 0 Å². The van der Waals surface area contributed by atoms with Crippen LogP contribution in [-0.4, -0.2) is 74.5 Å². The largest absolute Gasteiger partial charge is 0.493 e. The van der Waals surface area contributed by atoms with Crippen molar-refractivity contribution in [2.24, 2.45) is 0 Å². The summed E-state index contributed by atoms with van der Waals surface area (Å²) in [4.78, 5) is 11.2. The summed E-state index contributed by atoms with van der Waals surface area (Å²) in [6.45, 7) is 4.79. The van der Waals surface area contributed by atoms with Crippen LogP contribution >= 0.6 is 11.6 Å². The Balaban J connectivity index is 1.57. The average Bonchev–Trinajstić information content (AvgIpc) is 2.88. The van der Waals surface area contributed by atoms with Crippen molar-refractivity contribution >= 4 is 34.0 Å². The number of rotatable bonds is 12. The van der Waals surface area contributed by atoms with E-state index in [0.29, 0.717) is 48.3 Å². The number of hydrogen-bond donors (Lipinski definition) is 2. The maximum Gasteiger partial charge on any atom is 0.145 e. The zero-order valence-electron chi connectivity index (χ0n) is 20.7. The lowest BCUT2D eigenvalue weighted by Gasteiger charge is -2.25. The first-order valence-electron chi connectivity index (χ1n) is 12.2. The molecule has 2 heterocycles. The number of benzene rings is 2. The van der Waals surface area contributed by atoms with E-state index in [-0.39, 0.29) is 11.1 Å². The molecule has 36 heavy (non-hydrogen) atoms. The quantitative estimate of drug-likeness (QED) is 0.336. The predicted molar refractivity (Wildman–Crippen MR) is 140 cm³/mol. The molecule has 4 rings (SSSR count). The minimum absolute atomic E-state index is 0.0198. The van der Waals surface area contributed by atoms with Gasteiger partial charge in [-0.25, -0.2) is 14.4 Å². The van der Waals surface area contributed by atoms with Crippen LogP contribution in [0.25, 0.3) is 10.9 Å². The number of likely N-dealkylation sites (N-methyl/N-ethyl adjacent to an activating group) is 2. The maximum atomic E-state index is 13.7. The Kier molecular flexibility index (Phi) is 9.52. The van der Waals surface area contributed by atoms with Crippen LogP contribution in [0.2, 0.25) is 5.02 Å². The zero-order valence-corrected chi connectivity index (χ0v) is 21.5. The summed E-state index contributed by atoms with van der Waals surface area (Å²) in [6.07, 6.45) is 4.00. The normalized spacial score (nSPS) is 14.4. The van der Waals surface area contributed by atoms with Crippen molar-refractivity contribution in [3.05, 3.63) is 47.5 Å². The van der Waals surface area contributed by atoms with Crippen LogP contribution in [0.3, 0.4) is 0 Å². The minimum Gasteiger partial charge on any atom is -0.493 e. The Labute approximate surface area is 216 Å². The highest BCUT2D eigenvalue weighted by Crippen LogP contribution is 2.37. The molecule has 0 bridgehead atoms. The van der Waals surface area contributed by atoms with Gasteiger partial charge in [0.15, 0.2) is 0 Å². The highest BCUT2D eigenvalue weighted by molar-refractivity contribution is 6.31. The molecule has 0 aliphatic carbocycles. The molecule has 0 radical (unpaired) electrons. The van der Waals surface area contributed by atoms with E-state index in [1.165, 1.54) is 18.5 Å². The van der Waals surface area contributed by atoms with Gasteiger partial charge in [0, 0.05) is 50.3 Å². The van der Waals surface area contributed by atoms with Crippen molar-refractivity contribution in [2.75, 3.05) is 58.9 Å². The molecule has 1 fully saturated rings. The van der Waals surface area contributed by atoms with Crippen LogP contribution in [0.4, 0.5) is 15.9 Å². The molecule has 0 amide bonds. The van der Waals surface area contributed by atoms with Gasteiger partial charge < -0.3 is 29.7 Å². The van der Waals surface area contributed by atoms with Gasteiger partial charge in [-0.05, 0) is 38.7 Å². The van der Waals surface area contributed by atoms with Crippen LogP contribution in [-0.2, 0) is 4.74 Å². The van der Waals surface area contributed by atoms with Crippen LogP contribution < -0.4 is 20.1 Å². The Morgan fingerprint density at radius 1 is 1.17 bits per heavy atom. The SMILES string of the molecule is CNCCN(C)CCCOc1cc(OC2CCOCC2)c2c(Nc3ccc(F)c(Cl)c3)ncnc2c1. The van der Waals surface area contributed by atoms with E-state index in [0.717, 1.165) is 44.3 Å². The molecule has 0 saturated carbocycles. The zero-order chi connectivity index (χ0) is 25.3. The second-order valence-corrected chi connectivity index (χ2v) is 9.24. The number of anilines is 2. The molecule has 2 N–H and O–H groups in total. The Morgan fingerprint density at radius 2 is 2.00 bits per heavy atom. The van der Waals surface area contributed by atoms with E-state index in [9.17, 15) is 4.39 Å². The molecule has 0 unspecified atom stereocenters. The van der Waals surface area contributed by atoms with Crippen molar-refractivity contribution in [1.82, 2.24) is 20.2 Å². The Morgan fingerprint density at radius 3 is 2.78 bits per heavy atom. The molecule has 1 aliphatic rings. The molecule has 0 atom stereocenters. The summed E-state index contributed by atoms with van der Waals surface area (Å²) in [5.41, 5.74) is 1.30. The number of nitrogens with zero attached hydrogens (tertiary/aromatic N) is 3. The highest BCUT2D eigenvalue weighted by Gasteiger charge is 2.20. The van der Waals surface area contributed by atoms with E-state index in [4.69, 9.17) is 25.8 Å². The van der Waals surface area contributed by atoms with Crippen molar-refractivity contribution in [1.29, 1.82) is 0 Å². The molecule has 0 spiro atoms. The predicted octanol–water partition coefficient (Wildman–Crippen LogP) is 4.64. The number of fused-ring (bicyclic) bond motifs is 1. The van der Waals surface area contributed by atoms with Crippen molar-refractivity contribution in [3.8, 4) is 11.5 Å². The standard InChI is InChI=1S/C26H33ClFN5O3/c1-29-8-10-33(2)9-3-11-35-20-15-23-25(24(16-20)36-19-6-12-34-13-7-19)26(31-17-30-23)32-18-4-5-22(28)21(27)14-18/h4-5,14-17,19,29H,3,6-13H2,1-2H3,(H,30,31,32). The lowest BCUT2D eigenvalue weighted by atomic mass is 10.1. The highest BCUT2D eigenvalue weighted by atomic mass is 35.5. The van der Waals surface area contributed by atoms with Crippen LogP contribution in [0.15, 0.2) is 36.7 Å². The molecule has 3 aromatic rings. The Bertz CT molecular complexity index is 1150. The third-order valence-corrected chi connectivity index (χ3v) is 6.31. The molecule has 1 aliphatic heterocycles. The summed E-state index contributed by atoms with van der Waals surface area (Å²) in [7, 11) is 4.06. The van der Waals surface area contributed by atoms with Gasteiger partial charge in [0.2, 0.25) is 0 Å². The van der Waals surface area contributed by atoms with Gasteiger partial charge in [0.1, 0.15) is 35.6 Å². The van der Waals surface area contributed by atoms with Crippen molar-refractivity contribution < 1.29 is 18.6 Å². The number of hydrogen-bond acceptors (Lipinski definition) is 8. The summed E-state index contributed by atoms with van der Waals surface area (Å²) >= 11 is 5.98. The van der Waals surface area contributed by atoms with Crippen molar-refractivity contribution in [3.63, 3.8) is 0 Å². The third kappa shape index (κ3) is 7.16. The van der Waals surface area contributed by atoms with Gasteiger partial charge in [0.05, 0.1) is 35.7 Å². The lowest BCUT2D eigenvalue weighted by Crippen LogP contribution is -2.28. The van der Waals surface area contributed by atoms with Gasteiger partial charge >= 0.3 is 0 Å². The fourth-order valence-corrected chi connectivity index (χ4v) is 4.20. The first-order valence-corrected chi connectivity index (χ1v) is 12.6. The van der Waals surface area contributed by atoms with E-state index in [1.54, 1.807) is 6.07 Å². The summed E-state index contributed by atoms with van der Waals surface area (Å²) < 4.78 is 31.7. The number of ether oxygens (including phenoxy) is 3. The van der Waals surface area contributed by atoms with Gasteiger partial charge in [-0.15, -0.1) is 0 Å². The van der Waals surface area contributed by atoms with Crippen LogP contribution in [0.5, 0.6) is 11.5 Å². The summed E-state index contributed by atoms with van der Waals surface area (Å²) in [5, 5.41) is 7.15. The fourth-order valence-electron chi connectivity index (χ4n) is 4.02. The summed E-state index contributed by atoms with van der Waals surface area (Å²) in [6, 6.07) is 8.24. The van der Waals surface area contributed by atoms with E-state index in [2.05, 4.69) is 32.5 Å². The Hall–Kier alpha value is -2.72. The van der Waals surface area contributed by atoms with Crippen LogP contribution in [0.1, 0.15) is 19.3 Å². The first kappa shape index (κ1) is 26.3.